The van der Waals surface area contributed by atoms with Crippen molar-refractivity contribution in [2.24, 2.45) is 0 Å². The molecule has 2 aromatic carbocycles. The van der Waals surface area contributed by atoms with Crippen molar-refractivity contribution in [3.63, 3.8) is 0 Å². The van der Waals surface area contributed by atoms with Crippen molar-refractivity contribution in [1.29, 1.82) is 0 Å². The average molecular weight is 279 g/mol. The number of aliphatic hydroxyl groups is 1. The molecule has 0 saturated carbocycles. The van der Waals surface area contributed by atoms with E-state index in [1.165, 1.54) is 11.1 Å². The molecule has 0 amide bonds. The highest BCUT2D eigenvalue weighted by molar-refractivity contribution is 5.89. The fourth-order valence-corrected chi connectivity index (χ4v) is 2.32. The van der Waals surface area contributed by atoms with E-state index in [4.69, 9.17) is 4.74 Å². The number of aryl methyl sites for hydroxylation is 2. The van der Waals surface area contributed by atoms with Crippen LogP contribution in [0.4, 0.5) is 0 Å². The molecular weight excluding hydrogens is 262 g/mol. The molecule has 1 heterocycles. The normalized spacial score (nSPS) is 10.8. The summed E-state index contributed by atoms with van der Waals surface area (Å²) in [6.07, 6.45) is 1.67. The topological polar surface area (TPSA) is 42.4 Å². The van der Waals surface area contributed by atoms with Crippen molar-refractivity contribution in [2.45, 2.75) is 20.5 Å². The summed E-state index contributed by atoms with van der Waals surface area (Å²) < 4.78 is 5.93. The number of fused-ring (bicyclic) bond motifs is 1. The monoisotopic (exact) mass is 279 g/mol. The third-order valence-corrected chi connectivity index (χ3v) is 3.70. The van der Waals surface area contributed by atoms with Crippen LogP contribution in [0, 0.1) is 13.8 Å². The SMILES string of the molecule is Cc1ccc(Oc2ncc(CO)c3ccccc23)cc1C. The molecule has 0 aliphatic heterocycles. The van der Waals surface area contributed by atoms with Crippen LogP contribution in [0.3, 0.4) is 0 Å². The molecule has 0 unspecified atom stereocenters. The Morgan fingerprint density at radius 3 is 2.48 bits per heavy atom. The van der Waals surface area contributed by atoms with Gasteiger partial charge in [-0.3, -0.25) is 0 Å². The van der Waals surface area contributed by atoms with E-state index in [0.717, 1.165) is 22.1 Å². The minimum Gasteiger partial charge on any atom is -0.438 e. The van der Waals surface area contributed by atoms with Gasteiger partial charge in [-0.05, 0) is 48.6 Å². The molecule has 3 nitrogen and oxygen atoms in total. The van der Waals surface area contributed by atoms with E-state index in [1.54, 1.807) is 6.20 Å². The summed E-state index contributed by atoms with van der Waals surface area (Å²) in [5.41, 5.74) is 3.22. The summed E-state index contributed by atoms with van der Waals surface area (Å²) in [7, 11) is 0. The van der Waals surface area contributed by atoms with Crippen molar-refractivity contribution in [3.8, 4) is 11.6 Å². The molecule has 0 aliphatic carbocycles. The minimum absolute atomic E-state index is 0.0303. The number of benzene rings is 2. The van der Waals surface area contributed by atoms with Gasteiger partial charge in [0.25, 0.3) is 0 Å². The Balaban J connectivity index is 2.06. The highest BCUT2D eigenvalue weighted by Gasteiger charge is 2.09. The molecule has 1 N–H and O–H groups in total. The summed E-state index contributed by atoms with van der Waals surface area (Å²) in [5, 5.41) is 11.3. The second kappa shape index (κ2) is 5.54. The molecule has 1 aromatic heterocycles. The quantitative estimate of drug-likeness (QED) is 0.783. The molecule has 3 rings (SSSR count). The van der Waals surface area contributed by atoms with Crippen LogP contribution in [0.2, 0.25) is 0 Å². The Morgan fingerprint density at radius 1 is 1.00 bits per heavy atom. The highest BCUT2D eigenvalue weighted by atomic mass is 16.5. The van der Waals surface area contributed by atoms with Gasteiger partial charge in [-0.2, -0.15) is 0 Å². The van der Waals surface area contributed by atoms with Gasteiger partial charge >= 0.3 is 0 Å². The maximum Gasteiger partial charge on any atom is 0.227 e. The van der Waals surface area contributed by atoms with Crippen LogP contribution in [-0.2, 0) is 6.61 Å². The predicted molar refractivity (Wildman–Crippen MR) is 83.7 cm³/mol. The van der Waals surface area contributed by atoms with Crippen molar-refractivity contribution >= 4 is 10.8 Å². The van der Waals surface area contributed by atoms with Gasteiger partial charge in [-0.25, -0.2) is 4.98 Å². The molecule has 106 valence electrons. The van der Waals surface area contributed by atoms with Crippen molar-refractivity contribution in [1.82, 2.24) is 4.98 Å². The Bertz CT molecular complexity index is 796. The lowest BCUT2D eigenvalue weighted by molar-refractivity contribution is 0.283. The van der Waals surface area contributed by atoms with Crippen molar-refractivity contribution < 1.29 is 9.84 Å². The molecule has 0 fully saturated rings. The molecule has 0 aliphatic rings. The van der Waals surface area contributed by atoms with Gasteiger partial charge in [0.1, 0.15) is 5.75 Å². The minimum atomic E-state index is -0.0303. The van der Waals surface area contributed by atoms with E-state index in [0.29, 0.717) is 5.88 Å². The summed E-state index contributed by atoms with van der Waals surface area (Å²) in [6.45, 7) is 4.10. The first-order chi connectivity index (χ1) is 10.2. The number of pyridine rings is 1. The van der Waals surface area contributed by atoms with Gasteiger partial charge in [-0.15, -0.1) is 0 Å². The fourth-order valence-electron chi connectivity index (χ4n) is 2.32. The molecule has 3 aromatic rings. The van der Waals surface area contributed by atoms with Crippen LogP contribution >= 0.6 is 0 Å². The number of rotatable bonds is 3. The zero-order valence-electron chi connectivity index (χ0n) is 12.1. The Hall–Kier alpha value is -2.39. The Labute approximate surface area is 123 Å². The van der Waals surface area contributed by atoms with Crippen molar-refractivity contribution in [3.05, 3.63) is 65.4 Å². The lowest BCUT2D eigenvalue weighted by Crippen LogP contribution is -1.94. The van der Waals surface area contributed by atoms with Gasteiger partial charge in [0.05, 0.1) is 6.61 Å². The summed E-state index contributed by atoms with van der Waals surface area (Å²) in [6, 6.07) is 13.8. The second-order valence-electron chi connectivity index (χ2n) is 5.14. The fraction of sp³-hybridized carbons (Fsp3) is 0.167. The van der Waals surface area contributed by atoms with E-state index < -0.39 is 0 Å². The number of aromatic nitrogens is 1. The van der Waals surface area contributed by atoms with Gasteiger partial charge in [0.2, 0.25) is 5.88 Å². The van der Waals surface area contributed by atoms with Crippen LogP contribution in [0.15, 0.2) is 48.7 Å². The summed E-state index contributed by atoms with van der Waals surface area (Å²) >= 11 is 0. The van der Waals surface area contributed by atoms with E-state index in [2.05, 4.69) is 18.8 Å². The van der Waals surface area contributed by atoms with E-state index in [-0.39, 0.29) is 6.61 Å². The maximum atomic E-state index is 9.40. The first-order valence-electron chi connectivity index (χ1n) is 6.91. The lowest BCUT2D eigenvalue weighted by atomic mass is 10.1. The maximum absolute atomic E-state index is 9.40. The van der Waals surface area contributed by atoms with Gasteiger partial charge in [0, 0.05) is 17.1 Å². The molecular formula is C18H17NO2. The zero-order valence-corrected chi connectivity index (χ0v) is 12.1. The first kappa shape index (κ1) is 13.6. The molecule has 0 spiro atoms. The molecule has 21 heavy (non-hydrogen) atoms. The van der Waals surface area contributed by atoms with Crippen LogP contribution in [0.5, 0.6) is 11.6 Å². The number of ether oxygens (including phenoxy) is 1. The predicted octanol–water partition coefficient (Wildman–Crippen LogP) is 4.14. The largest absolute Gasteiger partial charge is 0.438 e. The van der Waals surface area contributed by atoms with E-state index in [1.807, 2.05) is 42.5 Å². The van der Waals surface area contributed by atoms with Crippen LogP contribution < -0.4 is 4.74 Å². The van der Waals surface area contributed by atoms with E-state index >= 15 is 0 Å². The number of aliphatic hydroxyl groups excluding tert-OH is 1. The van der Waals surface area contributed by atoms with Gasteiger partial charge in [-0.1, -0.05) is 24.3 Å². The standard InChI is InChI=1S/C18H17NO2/c1-12-7-8-15(9-13(12)2)21-18-17-6-4-3-5-16(17)14(11-20)10-19-18/h3-10,20H,11H2,1-2H3. The zero-order chi connectivity index (χ0) is 14.8. The van der Waals surface area contributed by atoms with Crippen LogP contribution in [-0.4, -0.2) is 10.1 Å². The highest BCUT2D eigenvalue weighted by Crippen LogP contribution is 2.30. The lowest BCUT2D eigenvalue weighted by Gasteiger charge is -2.11. The second-order valence-corrected chi connectivity index (χ2v) is 5.14. The summed E-state index contributed by atoms with van der Waals surface area (Å²) in [5.74, 6) is 1.33. The summed E-state index contributed by atoms with van der Waals surface area (Å²) in [4.78, 5) is 4.34. The Kier molecular flexibility index (Phi) is 3.59. The number of hydrogen-bond acceptors (Lipinski definition) is 3. The number of nitrogens with zero attached hydrogens (tertiary/aromatic N) is 1. The van der Waals surface area contributed by atoms with Gasteiger partial charge < -0.3 is 9.84 Å². The molecule has 0 saturated heterocycles. The Morgan fingerprint density at radius 2 is 1.76 bits per heavy atom. The first-order valence-corrected chi connectivity index (χ1v) is 6.91. The third kappa shape index (κ3) is 2.60. The molecule has 0 radical (unpaired) electrons. The smallest absolute Gasteiger partial charge is 0.227 e. The van der Waals surface area contributed by atoms with E-state index in [9.17, 15) is 5.11 Å². The van der Waals surface area contributed by atoms with Gasteiger partial charge in [0.15, 0.2) is 0 Å². The molecule has 0 bridgehead atoms. The molecule has 3 heteroatoms. The van der Waals surface area contributed by atoms with Crippen LogP contribution in [0.1, 0.15) is 16.7 Å². The van der Waals surface area contributed by atoms with Crippen molar-refractivity contribution in [2.75, 3.05) is 0 Å². The van der Waals surface area contributed by atoms with Crippen LogP contribution in [0.25, 0.3) is 10.8 Å². The molecule has 0 atom stereocenters. The average Bonchev–Trinajstić information content (AvgIpc) is 2.51. The third-order valence-electron chi connectivity index (χ3n) is 3.70. The number of hydrogen-bond donors (Lipinski definition) is 1.